The van der Waals surface area contributed by atoms with Gasteiger partial charge in [0.1, 0.15) is 4.99 Å². The minimum atomic E-state index is -4.38. The zero-order valence-corrected chi connectivity index (χ0v) is 10.5. The first-order valence-corrected chi connectivity index (χ1v) is 5.97. The molecule has 0 aliphatic heterocycles. The van der Waals surface area contributed by atoms with Crippen LogP contribution in [0, 0.1) is 5.92 Å². The molecule has 2 unspecified atom stereocenters. The number of rotatable bonds is 3. The fourth-order valence-corrected chi connectivity index (χ4v) is 1.94. The summed E-state index contributed by atoms with van der Waals surface area (Å²) in [6.07, 6.45) is -3.37. The van der Waals surface area contributed by atoms with Crippen LogP contribution < -0.4 is 11.1 Å². The minimum Gasteiger partial charge on any atom is -0.389 e. The summed E-state index contributed by atoms with van der Waals surface area (Å²) in [4.78, 5) is -0.0306. The monoisotopic (exact) mass is 274 g/mol. The number of alkyl halides is 3. The van der Waals surface area contributed by atoms with Crippen LogP contribution in [0.5, 0.6) is 0 Å². The highest BCUT2D eigenvalue weighted by molar-refractivity contribution is 7.80. The van der Waals surface area contributed by atoms with E-state index in [1.54, 1.807) is 0 Å². The molecule has 0 amide bonds. The van der Waals surface area contributed by atoms with Gasteiger partial charge >= 0.3 is 6.18 Å². The molecule has 3 N–H and O–H groups in total. The topological polar surface area (TPSA) is 38.0 Å². The van der Waals surface area contributed by atoms with Crippen LogP contribution in [0.15, 0.2) is 18.2 Å². The quantitative estimate of drug-likeness (QED) is 0.831. The van der Waals surface area contributed by atoms with Gasteiger partial charge in [0, 0.05) is 17.3 Å². The number of anilines is 1. The lowest BCUT2D eigenvalue weighted by Crippen LogP contribution is -2.16. The summed E-state index contributed by atoms with van der Waals surface area (Å²) in [5.41, 5.74) is 5.57. The van der Waals surface area contributed by atoms with E-state index in [4.69, 9.17) is 18.0 Å². The van der Waals surface area contributed by atoms with Crippen molar-refractivity contribution in [3.8, 4) is 0 Å². The van der Waals surface area contributed by atoms with Crippen LogP contribution in [0.3, 0.4) is 0 Å². The number of thiocarbonyl (C=S) groups is 1. The Kier molecular flexibility index (Phi) is 3.23. The first-order valence-electron chi connectivity index (χ1n) is 5.56. The number of hydrogen-bond donors (Lipinski definition) is 2. The number of nitrogens with two attached hydrogens (primary N) is 1. The van der Waals surface area contributed by atoms with Crippen molar-refractivity contribution >= 4 is 22.9 Å². The van der Waals surface area contributed by atoms with Crippen molar-refractivity contribution in [1.82, 2.24) is 0 Å². The molecule has 1 saturated carbocycles. The molecule has 1 aromatic rings. The summed E-state index contributed by atoms with van der Waals surface area (Å²) in [6.45, 7) is 2.07. The van der Waals surface area contributed by atoms with Gasteiger partial charge in [0.15, 0.2) is 0 Å². The molecule has 6 heteroatoms. The molecule has 2 atom stereocenters. The Morgan fingerprint density at radius 3 is 2.50 bits per heavy atom. The standard InChI is InChI=1S/C12H13F3N2S/c1-6-4-10(6)17-9-3-2-7(12(13,14)15)5-8(9)11(16)18/h2-3,5-6,10,17H,4H2,1H3,(H2,16,18). The van der Waals surface area contributed by atoms with Crippen molar-refractivity contribution in [2.75, 3.05) is 5.32 Å². The predicted molar refractivity (Wildman–Crippen MR) is 68.5 cm³/mol. The van der Waals surface area contributed by atoms with Crippen molar-refractivity contribution in [3.05, 3.63) is 29.3 Å². The van der Waals surface area contributed by atoms with Crippen molar-refractivity contribution in [3.63, 3.8) is 0 Å². The third kappa shape index (κ3) is 2.75. The van der Waals surface area contributed by atoms with Crippen molar-refractivity contribution < 1.29 is 13.2 Å². The summed E-state index contributed by atoms with van der Waals surface area (Å²) >= 11 is 4.81. The highest BCUT2D eigenvalue weighted by Crippen LogP contribution is 2.36. The maximum Gasteiger partial charge on any atom is 0.416 e. The van der Waals surface area contributed by atoms with Crippen LogP contribution in [0.25, 0.3) is 0 Å². The third-order valence-corrected chi connectivity index (χ3v) is 3.28. The van der Waals surface area contributed by atoms with Crippen LogP contribution in [-0.2, 0) is 6.18 Å². The molecule has 0 radical (unpaired) electrons. The summed E-state index contributed by atoms with van der Waals surface area (Å²) < 4.78 is 37.8. The van der Waals surface area contributed by atoms with Crippen molar-refractivity contribution in [2.45, 2.75) is 25.6 Å². The second-order valence-corrected chi connectivity index (χ2v) is 5.03. The Balaban J connectivity index is 2.32. The molecule has 18 heavy (non-hydrogen) atoms. The lowest BCUT2D eigenvalue weighted by atomic mass is 10.1. The van der Waals surface area contributed by atoms with Gasteiger partial charge in [-0.05, 0) is 30.5 Å². The van der Waals surface area contributed by atoms with Gasteiger partial charge in [0.05, 0.1) is 5.56 Å². The van der Waals surface area contributed by atoms with Crippen molar-refractivity contribution in [2.24, 2.45) is 11.7 Å². The van der Waals surface area contributed by atoms with Crippen LogP contribution >= 0.6 is 12.2 Å². The van der Waals surface area contributed by atoms with Crippen LogP contribution in [-0.4, -0.2) is 11.0 Å². The van der Waals surface area contributed by atoms with E-state index in [-0.39, 0.29) is 10.6 Å². The van der Waals surface area contributed by atoms with Gasteiger partial charge in [-0.1, -0.05) is 19.1 Å². The molecule has 1 aliphatic rings. The second-order valence-electron chi connectivity index (χ2n) is 4.59. The van der Waals surface area contributed by atoms with E-state index in [1.165, 1.54) is 6.07 Å². The Labute approximate surface area is 108 Å². The van der Waals surface area contributed by atoms with E-state index < -0.39 is 11.7 Å². The maximum absolute atomic E-state index is 12.6. The molecule has 0 aromatic heterocycles. The molecule has 0 spiro atoms. The molecule has 1 fully saturated rings. The third-order valence-electron chi connectivity index (χ3n) is 3.06. The highest BCUT2D eigenvalue weighted by Gasteiger charge is 2.34. The van der Waals surface area contributed by atoms with Gasteiger partial charge in [-0.3, -0.25) is 0 Å². The Morgan fingerprint density at radius 2 is 2.06 bits per heavy atom. The van der Waals surface area contributed by atoms with E-state index >= 15 is 0 Å². The molecular weight excluding hydrogens is 261 g/mol. The lowest BCUT2D eigenvalue weighted by Gasteiger charge is -2.14. The number of benzene rings is 1. The Hall–Kier alpha value is -1.30. The van der Waals surface area contributed by atoms with Crippen molar-refractivity contribution in [1.29, 1.82) is 0 Å². The normalized spacial score (nSPS) is 22.7. The fourth-order valence-electron chi connectivity index (χ4n) is 1.77. The average molecular weight is 274 g/mol. The summed E-state index contributed by atoms with van der Waals surface area (Å²) in [5, 5.41) is 3.16. The molecule has 1 aromatic carbocycles. The molecule has 1 aliphatic carbocycles. The van der Waals surface area contributed by atoms with Gasteiger partial charge in [-0.15, -0.1) is 0 Å². The molecule has 2 rings (SSSR count). The number of hydrogen-bond acceptors (Lipinski definition) is 2. The Bertz CT molecular complexity index is 485. The summed E-state index contributed by atoms with van der Waals surface area (Å²) in [6, 6.07) is 3.73. The minimum absolute atomic E-state index is 0.0306. The van der Waals surface area contributed by atoms with E-state index in [0.717, 1.165) is 18.6 Å². The van der Waals surface area contributed by atoms with E-state index in [9.17, 15) is 13.2 Å². The first kappa shape index (κ1) is 13.1. The number of nitrogens with one attached hydrogen (secondary N) is 1. The summed E-state index contributed by atoms with van der Waals surface area (Å²) in [7, 11) is 0. The van der Waals surface area contributed by atoms with E-state index in [2.05, 4.69) is 12.2 Å². The van der Waals surface area contributed by atoms with E-state index in [0.29, 0.717) is 17.6 Å². The van der Waals surface area contributed by atoms with Gasteiger partial charge in [0.25, 0.3) is 0 Å². The molecular formula is C12H13F3N2S. The van der Waals surface area contributed by atoms with E-state index in [1.807, 2.05) is 0 Å². The van der Waals surface area contributed by atoms with Gasteiger partial charge in [-0.25, -0.2) is 0 Å². The first-order chi connectivity index (χ1) is 8.29. The van der Waals surface area contributed by atoms with Crippen LogP contribution in [0.4, 0.5) is 18.9 Å². The second kappa shape index (κ2) is 4.42. The fraction of sp³-hybridized carbons (Fsp3) is 0.417. The average Bonchev–Trinajstić information content (AvgIpc) is 2.92. The molecule has 98 valence electrons. The predicted octanol–water partition coefficient (Wildman–Crippen LogP) is 3.16. The largest absolute Gasteiger partial charge is 0.416 e. The molecule has 0 heterocycles. The van der Waals surface area contributed by atoms with Gasteiger partial charge in [-0.2, -0.15) is 13.2 Å². The number of halogens is 3. The zero-order valence-electron chi connectivity index (χ0n) is 9.71. The SMILES string of the molecule is CC1CC1Nc1ccc(C(F)(F)F)cc1C(N)=S. The molecule has 0 saturated heterocycles. The molecule has 2 nitrogen and oxygen atoms in total. The van der Waals surface area contributed by atoms with Gasteiger partial charge < -0.3 is 11.1 Å². The van der Waals surface area contributed by atoms with Gasteiger partial charge in [0.2, 0.25) is 0 Å². The molecule has 0 bridgehead atoms. The lowest BCUT2D eigenvalue weighted by molar-refractivity contribution is -0.137. The zero-order chi connectivity index (χ0) is 13.5. The van der Waals surface area contributed by atoms with Crippen LogP contribution in [0.2, 0.25) is 0 Å². The maximum atomic E-state index is 12.6. The smallest absolute Gasteiger partial charge is 0.389 e. The Morgan fingerprint density at radius 1 is 1.44 bits per heavy atom. The summed E-state index contributed by atoms with van der Waals surface area (Å²) in [5.74, 6) is 0.534. The highest BCUT2D eigenvalue weighted by atomic mass is 32.1. The van der Waals surface area contributed by atoms with Crippen LogP contribution in [0.1, 0.15) is 24.5 Å².